The van der Waals surface area contributed by atoms with Crippen LogP contribution in [0.15, 0.2) is 36.7 Å². The summed E-state index contributed by atoms with van der Waals surface area (Å²) >= 11 is 20.2. The van der Waals surface area contributed by atoms with Crippen molar-refractivity contribution in [1.82, 2.24) is 9.97 Å². The monoisotopic (exact) mass is 447 g/mol. The van der Waals surface area contributed by atoms with Crippen molar-refractivity contribution < 1.29 is 0 Å². The van der Waals surface area contributed by atoms with Crippen LogP contribution in [0.25, 0.3) is 21.3 Å². The molecule has 1 N–H and O–H groups in total. The van der Waals surface area contributed by atoms with E-state index in [2.05, 4.69) is 54.3 Å². The molecule has 0 spiro atoms. The van der Waals surface area contributed by atoms with Crippen molar-refractivity contribution >= 4 is 67.9 Å². The second-order valence-corrected chi connectivity index (χ2v) is 9.03. The molecular formula is C21H16Cl3N3S. The van der Waals surface area contributed by atoms with Gasteiger partial charge in [-0.15, -0.1) is 11.3 Å². The molecular weight excluding hydrogens is 433 g/mol. The quantitative estimate of drug-likeness (QED) is 0.323. The summed E-state index contributed by atoms with van der Waals surface area (Å²) in [5.41, 5.74) is 5.42. The molecule has 0 radical (unpaired) electrons. The minimum atomic E-state index is 0.409. The van der Waals surface area contributed by atoms with Crippen molar-refractivity contribution in [2.45, 2.75) is 20.8 Å². The highest BCUT2D eigenvalue weighted by Crippen LogP contribution is 2.42. The predicted octanol–water partition coefficient (Wildman–Crippen LogP) is 7.99. The lowest BCUT2D eigenvalue weighted by Crippen LogP contribution is -1.97. The Morgan fingerprint density at radius 2 is 1.61 bits per heavy atom. The molecule has 0 atom stereocenters. The summed E-state index contributed by atoms with van der Waals surface area (Å²) in [5.74, 6) is 0.683. The van der Waals surface area contributed by atoms with Gasteiger partial charge in [0.2, 0.25) is 0 Å². The molecule has 4 aromatic rings. The second kappa shape index (κ2) is 7.53. The van der Waals surface area contributed by atoms with E-state index in [9.17, 15) is 0 Å². The van der Waals surface area contributed by atoms with Gasteiger partial charge >= 0.3 is 0 Å². The van der Waals surface area contributed by atoms with E-state index in [1.807, 2.05) is 0 Å². The lowest BCUT2D eigenvalue weighted by atomic mass is 9.99. The van der Waals surface area contributed by atoms with Gasteiger partial charge in [-0.05, 0) is 49.6 Å². The van der Waals surface area contributed by atoms with Crippen molar-refractivity contribution in [3.05, 3.63) is 67.7 Å². The average molecular weight is 449 g/mol. The largest absolute Gasteiger partial charge is 0.338 e. The third-order valence-corrected chi connectivity index (χ3v) is 6.77. The zero-order valence-electron chi connectivity index (χ0n) is 15.4. The fraction of sp³-hybridized carbons (Fsp3) is 0.143. The Bertz CT molecular complexity index is 1220. The van der Waals surface area contributed by atoms with E-state index in [1.165, 1.54) is 16.0 Å². The van der Waals surface area contributed by atoms with E-state index in [-0.39, 0.29) is 0 Å². The van der Waals surface area contributed by atoms with Gasteiger partial charge < -0.3 is 5.32 Å². The maximum Gasteiger partial charge on any atom is 0.143 e. The maximum absolute atomic E-state index is 6.36. The van der Waals surface area contributed by atoms with Crippen molar-refractivity contribution in [3.63, 3.8) is 0 Å². The molecule has 0 bridgehead atoms. The number of rotatable bonds is 3. The highest BCUT2D eigenvalue weighted by Gasteiger charge is 2.18. The maximum atomic E-state index is 6.36. The Hall–Kier alpha value is -1.85. The molecule has 0 aliphatic carbocycles. The first-order chi connectivity index (χ1) is 13.3. The number of nitrogens with one attached hydrogen (secondary N) is 1. The molecule has 0 aliphatic rings. The molecule has 0 aliphatic heterocycles. The molecule has 3 nitrogen and oxygen atoms in total. The summed E-state index contributed by atoms with van der Waals surface area (Å²) < 4.78 is 0. The highest BCUT2D eigenvalue weighted by atomic mass is 35.5. The number of anilines is 2. The number of benzene rings is 2. The van der Waals surface area contributed by atoms with Gasteiger partial charge in [-0.25, -0.2) is 9.97 Å². The number of thiophene rings is 1. The van der Waals surface area contributed by atoms with E-state index in [1.54, 1.807) is 29.8 Å². The predicted molar refractivity (Wildman–Crippen MR) is 122 cm³/mol. The van der Waals surface area contributed by atoms with E-state index in [4.69, 9.17) is 34.8 Å². The van der Waals surface area contributed by atoms with Gasteiger partial charge in [0.25, 0.3) is 0 Å². The second-order valence-electron chi connectivity index (χ2n) is 6.61. The van der Waals surface area contributed by atoms with E-state index in [0.29, 0.717) is 26.6 Å². The summed E-state index contributed by atoms with van der Waals surface area (Å²) in [6.45, 7) is 6.33. The number of fused-ring (bicyclic) bond motifs is 1. The topological polar surface area (TPSA) is 37.8 Å². The van der Waals surface area contributed by atoms with Crippen LogP contribution in [-0.4, -0.2) is 9.97 Å². The fourth-order valence-corrected chi connectivity index (χ4v) is 4.74. The first-order valence-electron chi connectivity index (χ1n) is 8.58. The van der Waals surface area contributed by atoms with E-state index >= 15 is 0 Å². The van der Waals surface area contributed by atoms with E-state index < -0.39 is 0 Å². The molecule has 4 rings (SSSR count). The average Bonchev–Trinajstić information content (AvgIpc) is 2.99. The minimum Gasteiger partial charge on any atom is -0.338 e. The van der Waals surface area contributed by atoms with Gasteiger partial charge in [0.15, 0.2) is 0 Å². The van der Waals surface area contributed by atoms with Crippen LogP contribution in [-0.2, 0) is 0 Å². The molecule has 0 unspecified atom stereocenters. The number of nitrogens with zero attached hydrogens (tertiary/aromatic N) is 2. The zero-order valence-corrected chi connectivity index (χ0v) is 18.5. The van der Waals surface area contributed by atoms with Gasteiger partial charge in [0, 0.05) is 10.4 Å². The Balaban J connectivity index is 1.91. The van der Waals surface area contributed by atoms with Crippen molar-refractivity contribution in [2.24, 2.45) is 0 Å². The van der Waals surface area contributed by atoms with Crippen LogP contribution in [0.5, 0.6) is 0 Å². The van der Waals surface area contributed by atoms with Crippen LogP contribution in [0.4, 0.5) is 11.5 Å². The number of aryl methyl sites for hydroxylation is 3. The normalized spacial score (nSPS) is 11.2. The lowest BCUT2D eigenvalue weighted by Gasteiger charge is -2.12. The smallest absolute Gasteiger partial charge is 0.143 e. The Morgan fingerprint density at radius 3 is 2.36 bits per heavy atom. The number of aromatic nitrogens is 2. The number of hydrogen-bond acceptors (Lipinski definition) is 4. The van der Waals surface area contributed by atoms with Gasteiger partial charge in [-0.2, -0.15) is 0 Å². The standard InChI is InChI=1S/C21H16Cl3N3S/c1-10-4-5-13(6-11(10)2)18-12(3)28-21-19(18)20(25-9-26-21)27-17-8-15(23)14(22)7-16(17)24/h4-9H,1-3H3,(H,25,26,27). The SMILES string of the molecule is Cc1ccc(-c2c(C)sc3ncnc(Nc4cc(Cl)c(Cl)cc4Cl)c23)cc1C. The fourth-order valence-electron chi connectivity index (χ4n) is 3.13. The molecule has 2 aromatic carbocycles. The Labute approximate surface area is 182 Å². The summed E-state index contributed by atoms with van der Waals surface area (Å²) in [5, 5.41) is 5.59. The van der Waals surface area contributed by atoms with Crippen molar-refractivity contribution in [1.29, 1.82) is 0 Å². The summed E-state index contributed by atoms with van der Waals surface area (Å²) in [6.07, 6.45) is 1.55. The molecule has 0 amide bonds. The molecule has 0 saturated carbocycles. The molecule has 28 heavy (non-hydrogen) atoms. The van der Waals surface area contributed by atoms with Crippen LogP contribution in [0, 0.1) is 20.8 Å². The molecule has 142 valence electrons. The third kappa shape index (κ3) is 3.46. The van der Waals surface area contributed by atoms with Gasteiger partial charge in [-0.3, -0.25) is 0 Å². The van der Waals surface area contributed by atoms with Crippen molar-refractivity contribution in [2.75, 3.05) is 5.32 Å². The summed E-state index contributed by atoms with van der Waals surface area (Å²) in [4.78, 5) is 11.1. The first-order valence-corrected chi connectivity index (χ1v) is 10.5. The molecule has 7 heteroatoms. The highest BCUT2D eigenvalue weighted by molar-refractivity contribution is 7.19. The van der Waals surface area contributed by atoms with Gasteiger partial charge in [0.05, 0.1) is 26.1 Å². The van der Waals surface area contributed by atoms with Crippen LogP contribution in [0.3, 0.4) is 0 Å². The van der Waals surface area contributed by atoms with E-state index in [0.717, 1.165) is 21.3 Å². The number of hydrogen-bond donors (Lipinski definition) is 1. The Morgan fingerprint density at radius 1 is 0.857 bits per heavy atom. The molecule has 2 heterocycles. The minimum absolute atomic E-state index is 0.409. The molecule has 0 fully saturated rings. The zero-order chi connectivity index (χ0) is 20.0. The number of halogens is 3. The molecule has 2 aromatic heterocycles. The van der Waals surface area contributed by atoms with Crippen LogP contribution >= 0.6 is 46.1 Å². The van der Waals surface area contributed by atoms with Crippen LogP contribution in [0.2, 0.25) is 15.1 Å². The first kappa shape index (κ1) is 19.5. The van der Waals surface area contributed by atoms with Crippen molar-refractivity contribution in [3.8, 4) is 11.1 Å². The summed E-state index contributed by atoms with van der Waals surface area (Å²) in [6, 6.07) is 9.80. The van der Waals surface area contributed by atoms with Gasteiger partial charge in [0.1, 0.15) is 17.0 Å². The lowest BCUT2D eigenvalue weighted by molar-refractivity contribution is 1.23. The third-order valence-electron chi connectivity index (χ3n) is 4.72. The molecule has 0 saturated heterocycles. The van der Waals surface area contributed by atoms with Crippen LogP contribution in [0.1, 0.15) is 16.0 Å². The summed E-state index contributed by atoms with van der Waals surface area (Å²) in [7, 11) is 0. The Kier molecular flexibility index (Phi) is 5.23. The van der Waals surface area contributed by atoms with Crippen LogP contribution < -0.4 is 5.32 Å². The van der Waals surface area contributed by atoms with Gasteiger partial charge in [-0.1, -0.05) is 53.0 Å².